The molecule has 2 fully saturated rings. The standard InChI is InChI=1S/C17H19N5O2/c23-16-14(10-20-15(21-16)11-2-1-6-18-8-11)17(24)22-12-3-4-13(22)9-19-7-5-12/h1-2,6,8,10,12-13,19H,3-5,7,9H2,(H,20,21,23)/t12-,13+/m0/s1. The van der Waals surface area contributed by atoms with Crippen molar-refractivity contribution in [2.45, 2.75) is 31.3 Å². The Morgan fingerprint density at radius 1 is 1.21 bits per heavy atom. The lowest BCUT2D eigenvalue weighted by Gasteiger charge is -2.27. The molecule has 4 rings (SSSR count). The van der Waals surface area contributed by atoms with Crippen LogP contribution in [0.1, 0.15) is 29.6 Å². The van der Waals surface area contributed by atoms with Crippen LogP contribution in [0, 0.1) is 0 Å². The number of pyridine rings is 1. The minimum atomic E-state index is -0.398. The van der Waals surface area contributed by atoms with Crippen LogP contribution in [-0.2, 0) is 0 Å². The van der Waals surface area contributed by atoms with Crippen molar-refractivity contribution in [1.82, 2.24) is 25.2 Å². The Labute approximate surface area is 139 Å². The van der Waals surface area contributed by atoms with Crippen molar-refractivity contribution in [3.63, 3.8) is 0 Å². The molecule has 7 nitrogen and oxygen atoms in total. The lowest BCUT2D eigenvalue weighted by Crippen LogP contribution is -2.44. The van der Waals surface area contributed by atoms with E-state index in [1.54, 1.807) is 18.5 Å². The minimum Gasteiger partial charge on any atom is -0.331 e. The predicted octanol–water partition coefficient (Wildman–Crippen LogP) is 0.798. The quantitative estimate of drug-likeness (QED) is 0.852. The Kier molecular flexibility index (Phi) is 3.86. The summed E-state index contributed by atoms with van der Waals surface area (Å²) in [5.74, 6) is 0.211. The van der Waals surface area contributed by atoms with E-state index in [2.05, 4.69) is 20.3 Å². The SMILES string of the molecule is O=C(c1cnc(-c2cccnc2)[nH]c1=O)N1[C@@H]2CCNC[C@H]1CC2. The van der Waals surface area contributed by atoms with Gasteiger partial charge >= 0.3 is 0 Å². The highest BCUT2D eigenvalue weighted by Gasteiger charge is 2.39. The molecule has 0 saturated carbocycles. The monoisotopic (exact) mass is 325 g/mol. The molecule has 0 aliphatic carbocycles. The van der Waals surface area contributed by atoms with Crippen molar-refractivity contribution < 1.29 is 4.79 Å². The summed E-state index contributed by atoms with van der Waals surface area (Å²) in [6.45, 7) is 1.71. The smallest absolute Gasteiger partial charge is 0.264 e. The topological polar surface area (TPSA) is 91.0 Å². The molecule has 0 unspecified atom stereocenters. The number of hydrogen-bond acceptors (Lipinski definition) is 5. The number of rotatable bonds is 2. The maximum atomic E-state index is 12.9. The van der Waals surface area contributed by atoms with Crippen LogP contribution >= 0.6 is 0 Å². The number of nitrogens with zero attached hydrogens (tertiary/aromatic N) is 3. The van der Waals surface area contributed by atoms with Crippen LogP contribution in [0.4, 0.5) is 0 Å². The van der Waals surface area contributed by atoms with E-state index < -0.39 is 5.56 Å². The maximum absolute atomic E-state index is 12.9. The molecule has 1 amide bonds. The molecule has 24 heavy (non-hydrogen) atoms. The molecule has 2 saturated heterocycles. The van der Waals surface area contributed by atoms with Gasteiger partial charge in [0.05, 0.1) is 0 Å². The molecule has 0 radical (unpaired) electrons. The third-order valence-electron chi connectivity index (χ3n) is 4.85. The van der Waals surface area contributed by atoms with Crippen molar-refractivity contribution in [2.24, 2.45) is 0 Å². The molecular weight excluding hydrogens is 306 g/mol. The van der Waals surface area contributed by atoms with Crippen molar-refractivity contribution in [3.8, 4) is 11.4 Å². The maximum Gasteiger partial charge on any atom is 0.264 e. The van der Waals surface area contributed by atoms with E-state index in [-0.39, 0.29) is 23.6 Å². The summed E-state index contributed by atoms with van der Waals surface area (Å²) in [4.78, 5) is 38.2. The van der Waals surface area contributed by atoms with Crippen molar-refractivity contribution in [1.29, 1.82) is 0 Å². The molecule has 0 aromatic carbocycles. The third kappa shape index (κ3) is 2.60. The van der Waals surface area contributed by atoms with Gasteiger partial charge in [-0.05, 0) is 37.9 Å². The summed E-state index contributed by atoms with van der Waals surface area (Å²) in [6, 6.07) is 3.97. The lowest BCUT2D eigenvalue weighted by atomic mass is 10.1. The first-order valence-electron chi connectivity index (χ1n) is 8.27. The molecule has 2 bridgehead atoms. The molecule has 2 N–H and O–H groups in total. The highest BCUT2D eigenvalue weighted by molar-refractivity contribution is 5.94. The highest BCUT2D eigenvalue weighted by Crippen LogP contribution is 2.29. The predicted molar refractivity (Wildman–Crippen MR) is 88.6 cm³/mol. The second kappa shape index (κ2) is 6.16. The van der Waals surface area contributed by atoms with Gasteiger partial charge in [0.2, 0.25) is 0 Å². The zero-order valence-electron chi connectivity index (χ0n) is 13.2. The van der Waals surface area contributed by atoms with Crippen LogP contribution in [0.3, 0.4) is 0 Å². The van der Waals surface area contributed by atoms with Gasteiger partial charge in [-0.1, -0.05) is 0 Å². The van der Waals surface area contributed by atoms with Crippen LogP contribution in [0.15, 0.2) is 35.5 Å². The summed E-state index contributed by atoms with van der Waals surface area (Å²) in [5.41, 5.74) is 0.430. The van der Waals surface area contributed by atoms with Crippen LogP contribution in [0.5, 0.6) is 0 Å². The molecule has 4 heterocycles. The van der Waals surface area contributed by atoms with Gasteiger partial charge in [-0.15, -0.1) is 0 Å². The van der Waals surface area contributed by atoms with Gasteiger partial charge in [-0.25, -0.2) is 4.98 Å². The zero-order chi connectivity index (χ0) is 16.5. The Hall–Kier alpha value is -2.54. The van der Waals surface area contributed by atoms with Crippen LogP contribution in [-0.4, -0.2) is 50.9 Å². The van der Waals surface area contributed by atoms with Gasteiger partial charge in [-0.2, -0.15) is 0 Å². The first-order chi connectivity index (χ1) is 11.7. The number of fused-ring (bicyclic) bond motifs is 2. The number of nitrogens with one attached hydrogen (secondary N) is 2. The second-order valence-electron chi connectivity index (χ2n) is 6.31. The average molecular weight is 325 g/mol. The number of H-pyrrole nitrogens is 1. The molecule has 2 aromatic rings. The number of amides is 1. The van der Waals surface area contributed by atoms with Gasteiger partial charge in [0.1, 0.15) is 11.4 Å². The number of aromatic amines is 1. The van der Waals surface area contributed by atoms with Gasteiger partial charge in [-0.3, -0.25) is 14.6 Å². The average Bonchev–Trinajstić information content (AvgIpc) is 2.88. The Morgan fingerprint density at radius 3 is 2.88 bits per heavy atom. The molecule has 2 aromatic heterocycles. The van der Waals surface area contributed by atoms with Crippen molar-refractivity contribution >= 4 is 5.91 Å². The summed E-state index contributed by atoms with van der Waals surface area (Å²) in [6.07, 6.45) is 7.60. The van der Waals surface area contributed by atoms with Gasteiger partial charge in [0, 0.05) is 42.8 Å². The first kappa shape index (κ1) is 15.0. The van der Waals surface area contributed by atoms with Crippen LogP contribution in [0.25, 0.3) is 11.4 Å². The normalized spacial score (nSPS) is 23.1. The van der Waals surface area contributed by atoms with E-state index in [1.165, 1.54) is 6.20 Å². The summed E-state index contributed by atoms with van der Waals surface area (Å²) >= 11 is 0. The van der Waals surface area contributed by atoms with E-state index in [9.17, 15) is 9.59 Å². The molecule has 2 atom stereocenters. The van der Waals surface area contributed by atoms with Crippen molar-refractivity contribution in [3.05, 3.63) is 46.6 Å². The fourth-order valence-electron chi connectivity index (χ4n) is 3.65. The van der Waals surface area contributed by atoms with Crippen molar-refractivity contribution in [2.75, 3.05) is 13.1 Å². The van der Waals surface area contributed by atoms with E-state index in [4.69, 9.17) is 0 Å². The molecule has 124 valence electrons. The van der Waals surface area contributed by atoms with E-state index in [0.29, 0.717) is 11.4 Å². The molecule has 2 aliphatic heterocycles. The fraction of sp³-hybridized carbons (Fsp3) is 0.412. The summed E-state index contributed by atoms with van der Waals surface area (Å²) in [7, 11) is 0. The van der Waals surface area contributed by atoms with Gasteiger partial charge in [0.15, 0.2) is 0 Å². The molecule has 7 heteroatoms. The molecular formula is C17H19N5O2. The third-order valence-corrected chi connectivity index (χ3v) is 4.85. The Bertz CT molecular complexity index is 790. The molecule has 0 spiro atoms. The zero-order valence-corrected chi connectivity index (χ0v) is 13.2. The summed E-state index contributed by atoms with van der Waals surface area (Å²) < 4.78 is 0. The van der Waals surface area contributed by atoms with Gasteiger partial charge < -0.3 is 15.2 Å². The molecule has 2 aliphatic rings. The number of carbonyl (C=O) groups excluding carboxylic acids is 1. The Balaban J connectivity index is 1.65. The first-order valence-corrected chi connectivity index (χ1v) is 8.27. The lowest BCUT2D eigenvalue weighted by molar-refractivity contribution is 0.0678. The number of aromatic nitrogens is 3. The summed E-state index contributed by atoms with van der Waals surface area (Å²) in [5, 5.41) is 3.36. The highest BCUT2D eigenvalue weighted by atomic mass is 16.2. The van der Waals surface area contributed by atoms with E-state index >= 15 is 0 Å². The van der Waals surface area contributed by atoms with E-state index in [0.717, 1.165) is 32.4 Å². The number of hydrogen-bond donors (Lipinski definition) is 2. The second-order valence-corrected chi connectivity index (χ2v) is 6.31. The fourth-order valence-corrected chi connectivity index (χ4v) is 3.65. The number of carbonyl (C=O) groups is 1. The minimum absolute atomic E-state index is 0.112. The van der Waals surface area contributed by atoms with E-state index in [1.807, 2.05) is 11.0 Å². The Morgan fingerprint density at radius 2 is 2.08 bits per heavy atom. The largest absolute Gasteiger partial charge is 0.331 e. The van der Waals surface area contributed by atoms with Crippen LogP contribution < -0.4 is 10.9 Å². The van der Waals surface area contributed by atoms with Gasteiger partial charge in [0.25, 0.3) is 11.5 Å². The van der Waals surface area contributed by atoms with Crippen LogP contribution in [0.2, 0.25) is 0 Å².